The monoisotopic (exact) mass is 537 g/mol. The van der Waals surface area contributed by atoms with Crippen molar-refractivity contribution in [2.24, 2.45) is 0 Å². The second-order valence-electron chi connectivity index (χ2n) is 7.85. The molecule has 0 saturated carbocycles. The zero-order valence-corrected chi connectivity index (χ0v) is 22.2. The Morgan fingerprint density at radius 1 is 1.18 bits per heavy atom. The molecule has 3 aliphatic rings. The van der Waals surface area contributed by atoms with Crippen molar-refractivity contribution in [3.63, 3.8) is 0 Å². The standard InChI is InChI=1S/C21H24BrN3O2.C2H6S.C2H6.CH4/c1-12(26)25-6-4-13(5-7-25)20-17-10-18(23)19(27)9-14(17)2-3-15-8-16(22)11-24-21(15)20;1-3-2;1-2;/h8-11,21,24,27H,2-7,23H2,1H3;1-2H3;1-2H3;1H4. The number of anilines is 1. The van der Waals surface area contributed by atoms with E-state index in [2.05, 4.69) is 27.3 Å². The second kappa shape index (κ2) is 13.8. The number of carbonyl (C=O) groups excluding carboxylic acids is 1. The van der Waals surface area contributed by atoms with Gasteiger partial charge in [0.25, 0.3) is 0 Å². The lowest BCUT2D eigenvalue weighted by atomic mass is 9.84. The number of nitrogens with one attached hydrogen (secondary N) is 1. The van der Waals surface area contributed by atoms with E-state index < -0.39 is 0 Å². The summed E-state index contributed by atoms with van der Waals surface area (Å²) in [5.41, 5.74) is 12.7. The highest BCUT2D eigenvalue weighted by Gasteiger charge is 2.31. The maximum atomic E-state index is 11.7. The van der Waals surface area contributed by atoms with Crippen molar-refractivity contribution in [2.45, 2.75) is 59.9 Å². The van der Waals surface area contributed by atoms with Crippen molar-refractivity contribution < 1.29 is 9.90 Å². The van der Waals surface area contributed by atoms with Crippen molar-refractivity contribution in [3.05, 3.63) is 51.2 Å². The van der Waals surface area contributed by atoms with Gasteiger partial charge in [0.05, 0.1) is 11.7 Å². The number of likely N-dealkylation sites (tertiary alicyclic amines) is 1. The number of phenols is 1. The fourth-order valence-corrected chi connectivity index (χ4v) is 4.78. The molecule has 1 fully saturated rings. The molecule has 1 aromatic rings. The Morgan fingerprint density at radius 3 is 2.36 bits per heavy atom. The van der Waals surface area contributed by atoms with Crippen LogP contribution in [0.5, 0.6) is 5.75 Å². The number of piperidine rings is 1. The van der Waals surface area contributed by atoms with Crippen LogP contribution in [0.1, 0.15) is 58.6 Å². The summed E-state index contributed by atoms with van der Waals surface area (Å²) in [6, 6.07) is 3.84. The van der Waals surface area contributed by atoms with Gasteiger partial charge in [-0.05, 0) is 94.6 Å². The van der Waals surface area contributed by atoms with E-state index in [4.69, 9.17) is 5.73 Å². The van der Waals surface area contributed by atoms with Gasteiger partial charge < -0.3 is 21.1 Å². The van der Waals surface area contributed by atoms with Gasteiger partial charge in [-0.2, -0.15) is 11.8 Å². The maximum Gasteiger partial charge on any atom is 0.219 e. The number of nitrogens with zero attached hydrogens (tertiary/aromatic N) is 1. The van der Waals surface area contributed by atoms with Crippen molar-refractivity contribution in [1.82, 2.24) is 10.2 Å². The number of thioether (sulfide) groups is 1. The van der Waals surface area contributed by atoms with Gasteiger partial charge in [-0.3, -0.25) is 4.79 Å². The first-order valence-corrected chi connectivity index (χ1v) is 13.6. The molecular weight excluding hydrogens is 498 g/mol. The molecule has 2 heterocycles. The predicted octanol–water partition coefficient (Wildman–Crippen LogP) is 6.09. The molecule has 1 atom stereocenters. The summed E-state index contributed by atoms with van der Waals surface area (Å²) in [6.45, 7) is 7.14. The molecule has 1 amide bonds. The van der Waals surface area contributed by atoms with Crippen LogP contribution >= 0.6 is 27.7 Å². The SMILES string of the molecule is C.CC.CC(=O)N1CCC(=C2c3cc(N)c(O)cc3CCC3=CC(Br)=CNC32)CC1.CSC. The number of hydrogen-bond donors (Lipinski definition) is 3. The average Bonchev–Trinajstić information content (AvgIpc) is 2.92. The highest BCUT2D eigenvalue weighted by atomic mass is 79.9. The molecule has 0 bridgehead atoms. The van der Waals surface area contributed by atoms with E-state index in [1.54, 1.807) is 18.7 Å². The quantitative estimate of drug-likeness (QED) is 0.275. The third-order valence-electron chi connectivity index (χ3n) is 5.79. The molecule has 7 heteroatoms. The molecule has 0 spiro atoms. The lowest BCUT2D eigenvalue weighted by Crippen LogP contribution is -2.36. The number of aromatic hydroxyl groups is 1. The fraction of sp³-hybridized carbons (Fsp3) is 0.500. The number of benzene rings is 1. The Hall–Kier alpha value is -1.86. The van der Waals surface area contributed by atoms with Crippen LogP contribution in [0.15, 0.2) is 40.0 Å². The topological polar surface area (TPSA) is 78.6 Å². The molecule has 33 heavy (non-hydrogen) atoms. The van der Waals surface area contributed by atoms with Gasteiger partial charge in [-0.25, -0.2) is 0 Å². The third kappa shape index (κ3) is 7.06. The number of dihydropyridines is 1. The first-order valence-electron chi connectivity index (χ1n) is 11.2. The largest absolute Gasteiger partial charge is 0.506 e. The van der Waals surface area contributed by atoms with E-state index in [9.17, 15) is 9.90 Å². The molecule has 1 aromatic carbocycles. The van der Waals surface area contributed by atoms with E-state index in [1.807, 2.05) is 49.6 Å². The van der Waals surface area contributed by atoms with Gasteiger partial charge >= 0.3 is 0 Å². The number of rotatable bonds is 0. The molecule has 2 aliphatic heterocycles. The van der Waals surface area contributed by atoms with Gasteiger partial charge in [0.15, 0.2) is 0 Å². The summed E-state index contributed by atoms with van der Waals surface area (Å²) < 4.78 is 1.04. The highest BCUT2D eigenvalue weighted by Crippen LogP contribution is 2.42. The van der Waals surface area contributed by atoms with Gasteiger partial charge in [0.1, 0.15) is 5.75 Å². The second-order valence-corrected chi connectivity index (χ2v) is 9.58. The number of fused-ring (bicyclic) bond motifs is 2. The first-order chi connectivity index (χ1) is 15.3. The van der Waals surface area contributed by atoms with Gasteiger partial charge in [-0.1, -0.05) is 26.8 Å². The van der Waals surface area contributed by atoms with Crippen molar-refractivity contribution in [1.29, 1.82) is 0 Å². The van der Waals surface area contributed by atoms with E-state index in [0.717, 1.165) is 54.4 Å². The number of amides is 1. The van der Waals surface area contributed by atoms with Crippen molar-refractivity contribution in [3.8, 4) is 5.75 Å². The summed E-state index contributed by atoms with van der Waals surface area (Å²) in [5, 5.41) is 13.7. The Morgan fingerprint density at radius 2 is 1.79 bits per heavy atom. The molecule has 184 valence electrons. The Balaban J connectivity index is 0.000000841. The number of allylic oxidation sites excluding steroid dienone is 2. The van der Waals surface area contributed by atoms with Gasteiger partial charge in [0, 0.05) is 30.7 Å². The van der Waals surface area contributed by atoms with Crippen molar-refractivity contribution >= 4 is 44.9 Å². The summed E-state index contributed by atoms with van der Waals surface area (Å²) in [6.07, 6.45) is 11.8. The number of aryl methyl sites for hydroxylation is 1. The molecule has 1 aliphatic carbocycles. The molecular formula is C26H40BrN3O2S. The number of phenolic OH excluding ortho intramolecular Hbond substituents is 1. The molecule has 0 radical (unpaired) electrons. The van der Waals surface area contributed by atoms with E-state index in [1.165, 1.54) is 16.7 Å². The average molecular weight is 539 g/mol. The van der Waals surface area contributed by atoms with Crippen LogP contribution in [0.4, 0.5) is 5.69 Å². The summed E-state index contributed by atoms with van der Waals surface area (Å²) >= 11 is 5.33. The van der Waals surface area contributed by atoms with Crippen LogP contribution in [-0.2, 0) is 11.2 Å². The van der Waals surface area contributed by atoms with E-state index >= 15 is 0 Å². The fourth-order valence-electron chi connectivity index (χ4n) is 4.35. The minimum absolute atomic E-state index is 0. The zero-order valence-electron chi connectivity index (χ0n) is 19.8. The van der Waals surface area contributed by atoms with Crippen LogP contribution in [-0.4, -0.2) is 47.6 Å². The predicted molar refractivity (Wildman–Crippen MR) is 149 cm³/mol. The molecule has 4 N–H and O–H groups in total. The van der Waals surface area contributed by atoms with E-state index in [-0.39, 0.29) is 25.1 Å². The number of hydrogen-bond acceptors (Lipinski definition) is 5. The summed E-state index contributed by atoms with van der Waals surface area (Å²) in [5.74, 6) is 0.285. The lowest BCUT2D eigenvalue weighted by Gasteiger charge is -2.33. The Bertz CT molecular complexity index is 914. The first kappa shape index (κ1) is 29.2. The Labute approximate surface area is 212 Å². The van der Waals surface area contributed by atoms with Crippen LogP contribution in [0.25, 0.3) is 5.57 Å². The zero-order chi connectivity index (χ0) is 23.8. The van der Waals surface area contributed by atoms with Crippen LogP contribution in [0.3, 0.4) is 0 Å². The number of nitrogens with two attached hydrogens (primary N) is 1. The summed E-state index contributed by atoms with van der Waals surface area (Å²) in [4.78, 5) is 13.6. The lowest BCUT2D eigenvalue weighted by molar-refractivity contribution is -0.129. The third-order valence-corrected chi connectivity index (χ3v) is 6.25. The van der Waals surface area contributed by atoms with Crippen molar-refractivity contribution in [2.75, 3.05) is 31.3 Å². The normalized spacial score (nSPS) is 18.8. The van der Waals surface area contributed by atoms with E-state index in [0.29, 0.717) is 5.69 Å². The van der Waals surface area contributed by atoms with Gasteiger partial charge in [0.2, 0.25) is 5.91 Å². The van der Waals surface area contributed by atoms with Crippen LogP contribution in [0.2, 0.25) is 0 Å². The molecule has 1 saturated heterocycles. The minimum Gasteiger partial charge on any atom is -0.506 e. The molecule has 0 aromatic heterocycles. The van der Waals surface area contributed by atoms with Gasteiger partial charge in [-0.15, -0.1) is 0 Å². The number of nitrogen functional groups attached to an aromatic ring is 1. The van der Waals surface area contributed by atoms with Crippen LogP contribution in [0, 0.1) is 0 Å². The highest BCUT2D eigenvalue weighted by molar-refractivity contribution is 9.11. The number of carbonyl (C=O) groups is 1. The molecule has 4 rings (SSSR count). The minimum atomic E-state index is 0. The van der Waals surface area contributed by atoms with Crippen LogP contribution < -0.4 is 11.1 Å². The maximum absolute atomic E-state index is 11.7. The number of halogens is 1. The molecule has 1 unspecified atom stereocenters. The summed E-state index contributed by atoms with van der Waals surface area (Å²) in [7, 11) is 0. The smallest absolute Gasteiger partial charge is 0.219 e. The Kier molecular flexibility index (Phi) is 12.2. The molecule has 5 nitrogen and oxygen atoms in total.